The zero-order valence-electron chi connectivity index (χ0n) is 11.7. The summed E-state index contributed by atoms with van der Waals surface area (Å²) < 4.78 is 4.29. The highest BCUT2D eigenvalue weighted by Crippen LogP contribution is 2.32. The van der Waals surface area contributed by atoms with E-state index in [4.69, 9.17) is 0 Å². The average molecular weight is 311 g/mol. The van der Waals surface area contributed by atoms with Crippen molar-refractivity contribution in [3.05, 3.63) is 42.0 Å². The fourth-order valence-corrected chi connectivity index (χ4v) is 2.83. The van der Waals surface area contributed by atoms with Gasteiger partial charge in [0.05, 0.1) is 11.0 Å². The standard InChI is InChI=1S/C15H13N5OS/c21-14(10-3-4-11-12(8-10)17-6-5-16-11)19-15-18-13(20-22-15)7-9-1-2-9/h3-6,8-9H,1-2,7H2,(H,18,19,20,21). The number of nitrogens with one attached hydrogen (secondary N) is 1. The summed E-state index contributed by atoms with van der Waals surface area (Å²) in [4.78, 5) is 25.0. The molecule has 2 aromatic heterocycles. The molecule has 4 rings (SSSR count). The molecular formula is C15H13N5OS. The number of benzene rings is 1. The van der Waals surface area contributed by atoms with Gasteiger partial charge >= 0.3 is 0 Å². The first-order chi connectivity index (χ1) is 10.8. The smallest absolute Gasteiger partial charge is 0.257 e. The maximum atomic E-state index is 12.3. The van der Waals surface area contributed by atoms with Crippen LogP contribution in [-0.4, -0.2) is 25.2 Å². The Morgan fingerprint density at radius 1 is 1.23 bits per heavy atom. The third-order valence-corrected chi connectivity index (χ3v) is 4.26. The van der Waals surface area contributed by atoms with E-state index in [0.717, 1.165) is 23.7 Å². The van der Waals surface area contributed by atoms with E-state index in [2.05, 4.69) is 24.6 Å². The zero-order chi connectivity index (χ0) is 14.9. The van der Waals surface area contributed by atoms with Gasteiger partial charge in [-0.1, -0.05) is 0 Å². The normalized spacial score (nSPS) is 14.2. The minimum Gasteiger partial charge on any atom is -0.297 e. The quantitative estimate of drug-likeness (QED) is 0.801. The van der Waals surface area contributed by atoms with Crippen LogP contribution in [0.3, 0.4) is 0 Å². The lowest BCUT2D eigenvalue weighted by Crippen LogP contribution is -2.11. The van der Waals surface area contributed by atoms with Gasteiger partial charge in [-0.05, 0) is 37.0 Å². The number of amides is 1. The fraction of sp³-hybridized carbons (Fsp3) is 0.267. The first-order valence-electron chi connectivity index (χ1n) is 7.12. The SMILES string of the molecule is O=C(Nc1nc(CC2CC2)ns1)c1ccc2nccnc2c1. The van der Waals surface area contributed by atoms with Gasteiger partial charge in [0.15, 0.2) is 0 Å². The number of aromatic nitrogens is 4. The maximum absolute atomic E-state index is 12.3. The van der Waals surface area contributed by atoms with Gasteiger partial charge in [0, 0.05) is 35.9 Å². The highest BCUT2D eigenvalue weighted by atomic mass is 32.1. The summed E-state index contributed by atoms with van der Waals surface area (Å²) in [5, 5.41) is 3.34. The molecule has 0 bridgehead atoms. The first-order valence-corrected chi connectivity index (χ1v) is 7.90. The average Bonchev–Trinajstić information content (AvgIpc) is 3.25. The Morgan fingerprint density at radius 2 is 2.05 bits per heavy atom. The summed E-state index contributed by atoms with van der Waals surface area (Å²) in [6, 6.07) is 5.25. The number of nitrogens with zero attached hydrogens (tertiary/aromatic N) is 4. The summed E-state index contributed by atoms with van der Waals surface area (Å²) in [5.41, 5.74) is 2.00. The van der Waals surface area contributed by atoms with Crippen molar-refractivity contribution < 1.29 is 4.79 Å². The highest BCUT2D eigenvalue weighted by molar-refractivity contribution is 7.09. The Morgan fingerprint density at radius 3 is 2.86 bits per heavy atom. The van der Waals surface area contributed by atoms with Crippen molar-refractivity contribution in [1.82, 2.24) is 19.3 Å². The lowest BCUT2D eigenvalue weighted by molar-refractivity contribution is 0.102. The second-order valence-electron chi connectivity index (χ2n) is 5.38. The van der Waals surface area contributed by atoms with E-state index in [1.807, 2.05) is 0 Å². The van der Waals surface area contributed by atoms with Crippen molar-refractivity contribution in [2.75, 3.05) is 5.32 Å². The van der Waals surface area contributed by atoms with Crippen LogP contribution >= 0.6 is 11.5 Å². The number of rotatable bonds is 4. The third-order valence-electron chi connectivity index (χ3n) is 3.59. The molecule has 0 saturated heterocycles. The largest absolute Gasteiger partial charge is 0.297 e. The molecular weight excluding hydrogens is 298 g/mol. The van der Waals surface area contributed by atoms with E-state index in [-0.39, 0.29) is 5.91 Å². The summed E-state index contributed by atoms with van der Waals surface area (Å²) in [6.07, 6.45) is 6.68. The molecule has 1 fully saturated rings. The summed E-state index contributed by atoms with van der Waals surface area (Å²) in [7, 11) is 0. The number of hydrogen-bond acceptors (Lipinski definition) is 6. The van der Waals surface area contributed by atoms with Gasteiger partial charge in [-0.3, -0.25) is 20.1 Å². The van der Waals surface area contributed by atoms with Crippen LogP contribution in [0.1, 0.15) is 29.0 Å². The predicted octanol–water partition coefficient (Wildman–Crippen LogP) is 2.69. The van der Waals surface area contributed by atoms with Crippen LogP contribution in [0.25, 0.3) is 11.0 Å². The van der Waals surface area contributed by atoms with Crippen LogP contribution in [0, 0.1) is 5.92 Å². The predicted molar refractivity (Wildman–Crippen MR) is 83.8 cm³/mol. The van der Waals surface area contributed by atoms with Crippen LogP contribution < -0.4 is 5.32 Å². The van der Waals surface area contributed by atoms with Crippen LogP contribution in [-0.2, 0) is 6.42 Å². The Kier molecular flexibility index (Phi) is 3.27. The Balaban J connectivity index is 1.51. The molecule has 1 saturated carbocycles. The Hall–Kier alpha value is -2.41. The lowest BCUT2D eigenvalue weighted by Gasteiger charge is -2.02. The molecule has 0 radical (unpaired) electrons. The van der Waals surface area contributed by atoms with Gasteiger partial charge in [-0.2, -0.15) is 4.37 Å². The van der Waals surface area contributed by atoms with Crippen LogP contribution in [0.4, 0.5) is 5.13 Å². The zero-order valence-corrected chi connectivity index (χ0v) is 12.5. The van der Waals surface area contributed by atoms with E-state index < -0.39 is 0 Å². The number of hydrogen-bond donors (Lipinski definition) is 1. The summed E-state index contributed by atoms with van der Waals surface area (Å²) in [6.45, 7) is 0. The molecule has 1 aromatic carbocycles. The molecule has 0 aliphatic heterocycles. The molecule has 1 amide bonds. The third kappa shape index (κ3) is 2.80. The van der Waals surface area contributed by atoms with Gasteiger partial charge in [0.25, 0.3) is 5.91 Å². The molecule has 22 heavy (non-hydrogen) atoms. The van der Waals surface area contributed by atoms with Gasteiger partial charge < -0.3 is 0 Å². The van der Waals surface area contributed by atoms with Crippen molar-refractivity contribution >= 4 is 33.6 Å². The summed E-state index contributed by atoms with van der Waals surface area (Å²) in [5.74, 6) is 1.35. The van der Waals surface area contributed by atoms with Gasteiger partial charge in [-0.25, -0.2) is 4.98 Å². The van der Waals surface area contributed by atoms with Crippen LogP contribution in [0.2, 0.25) is 0 Å². The van der Waals surface area contributed by atoms with Crippen LogP contribution in [0.15, 0.2) is 30.6 Å². The molecule has 0 unspecified atom stereocenters. The second kappa shape index (κ2) is 5.42. The molecule has 3 aromatic rings. The second-order valence-corrected chi connectivity index (χ2v) is 6.13. The lowest BCUT2D eigenvalue weighted by atomic mass is 10.2. The van der Waals surface area contributed by atoms with Crippen molar-refractivity contribution in [2.24, 2.45) is 5.92 Å². The van der Waals surface area contributed by atoms with E-state index in [1.54, 1.807) is 30.6 Å². The minimum atomic E-state index is -0.207. The number of anilines is 1. The van der Waals surface area contributed by atoms with Gasteiger partial charge in [0.1, 0.15) is 5.82 Å². The van der Waals surface area contributed by atoms with Gasteiger partial charge in [0.2, 0.25) is 5.13 Å². The van der Waals surface area contributed by atoms with Crippen molar-refractivity contribution in [1.29, 1.82) is 0 Å². The van der Waals surface area contributed by atoms with E-state index in [0.29, 0.717) is 16.2 Å². The molecule has 0 spiro atoms. The van der Waals surface area contributed by atoms with E-state index in [1.165, 1.54) is 24.4 Å². The fourth-order valence-electron chi connectivity index (χ4n) is 2.24. The molecule has 1 aliphatic rings. The number of carbonyl (C=O) groups is 1. The maximum Gasteiger partial charge on any atom is 0.257 e. The first kappa shape index (κ1) is 13.3. The molecule has 6 nitrogen and oxygen atoms in total. The monoisotopic (exact) mass is 311 g/mol. The van der Waals surface area contributed by atoms with Crippen molar-refractivity contribution in [3.8, 4) is 0 Å². The molecule has 2 heterocycles. The topological polar surface area (TPSA) is 80.7 Å². The van der Waals surface area contributed by atoms with Gasteiger partial charge in [-0.15, -0.1) is 0 Å². The number of carbonyl (C=O) groups excluding carboxylic acids is 1. The van der Waals surface area contributed by atoms with Crippen molar-refractivity contribution in [2.45, 2.75) is 19.3 Å². The van der Waals surface area contributed by atoms with E-state index in [9.17, 15) is 4.79 Å². The highest BCUT2D eigenvalue weighted by Gasteiger charge is 2.23. The summed E-state index contributed by atoms with van der Waals surface area (Å²) >= 11 is 1.22. The molecule has 1 aliphatic carbocycles. The van der Waals surface area contributed by atoms with Crippen LogP contribution in [0.5, 0.6) is 0 Å². The Bertz CT molecular complexity index is 843. The Labute approximate surface area is 130 Å². The van der Waals surface area contributed by atoms with Crippen molar-refractivity contribution in [3.63, 3.8) is 0 Å². The molecule has 110 valence electrons. The van der Waals surface area contributed by atoms with E-state index >= 15 is 0 Å². The number of fused-ring (bicyclic) bond motifs is 1. The molecule has 1 N–H and O–H groups in total. The minimum absolute atomic E-state index is 0.207. The molecule has 0 atom stereocenters. The molecule has 7 heteroatoms.